The molecule has 8 heteroatoms. The topological polar surface area (TPSA) is 112 Å². The lowest BCUT2D eigenvalue weighted by molar-refractivity contribution is -0.133. The molecular formula is C28H33N5O3. The molecule has 1 aliphatic heterocycles. The number of aromatic amines is 1. The highest BCUT2D eigenvalue weighted by Crippen LogP contribution is 2.31. The average Bonchev–Trinajstić information content (AvgIpc) is 3.36. The first-order valence-corrected chi connectivity index (χ1v) is 12.8. The van der Waals surface area contributed by atoms with Crippen molar-refractivity contribution in [2.24, 2.45) is 11.7 Å². The van der Waals surface area contributed by atoms with Gasteiger partial charge in [0.25, 0.3) is 5.91 Å². The van der Waals surface area contributed by atoms with E-state index in [1.165, 1.54) is 0 Å². The van der Waals surface area contributed by atoms with Gasteiger partial charge in [-0.05, 0) is 24.5 Å². The molecule has 1 saturated heterocycles. The van der Waals surface area contributed by atoms with Crippen LogP contribution in [0.4, 0.5) is 0 Å². The van der Waals surface area contributed by atoms with Crippen molar-refractivity contribution in [1.82, 2.24) is 20.1 Å². The maximum atomic E-state index is 13.4. The third-order valence-electron chi connectivity index (χ3n) is 7.66. The molecule has 2 aliphatic rings. The van der Waals surface area contributed by atoms with E-state index in [9.17, 15) is 14.4 Å². The smallest absolute Gasteiger partial charge is 0.256 e. The highest BCUT2D eigenvalue weighted by molar-refractivity contribution is 6.06. The van der Waals surface area contributed by atoms with Gasteiger partial charge in [0, 0.05) is 49.3 Å². The van der Waals surface area contributed by atoms with Crippen LogP contribution < -0.4 is 11.1 Å². The van der Waals surface area contributed by atoms with Gasteiger partial charge in [-0.3, -0.25) is 19.3 Å². The fraction of sp³-hybridized carbons (Fsp3) is 0.393. The molecule has 188 valence electrons. The van der Waals surface area contributed by atoms with Gasteiger partial charge >= 0.3 is 0 Å². The molecule has 3 atom stereocenters. The normalized spacial score (nSPS) is 21.7. The van der Waals surface area contributed by atoms with Crippen LogP contribution in [0.15, 0.2) is 60.8 Å². The van der Waals surface area contributed by atoms with Crippen molar-refractivity contribution in [3.8, 4) is 0 Å². The van der Waals surface area contributed by atoms with Crippen LogP contribution in [0.5, 0.6) is 0 Å². The molecule has 2 fully saturated rings. The lowest BCUT2D eigenvalue weighted by Gasteiger charge is -2.43. The summed E-state index contributed by atoms with van der Waals surface area (Å²) in [6.45, 7) is 2.69. The number of nitrogens with zero attached hydrogens (tertiary/aromatic N) is 2. The molecule has 2 aromatic carbocycles. The summed E-state index contributed by atoms with van der Waals surface area (Å²) in [5.74, 6) is -0.853. The molecule has 0 bridgehead atoms. The van der Waals surface area contributed by atoms with E-state index in [0.29, 0.717) is 24.2 Å². The molecule has 0 radical (unpaired) electrons. The Hall–Kier alpha value is -3.65. The number of hydrogen-bond donors (Lipinski definition) is 3. The number of aromatic nitrogens is 1. The quantitative estimate of drug-likeness (QED) is 0.496. The van der Waals surface area contributed by atoms with Crippen LogP contribution >= 0.6 is 0 Å². The number of nitrogens with one attached hydrogen (secondary N) is 2. The number of piperazine rings is 1. The number of H-pyrrole nitrogens is 1. The number of primary amides is 1. The number of benzene rings is 2. The lowest BCUT2D eigenvalue weighted by atomic mass is 9.82. The number of hydrogen-bond acceptors (Lipinski definition) is 4. The van der Waals surface area contributed by atoms with Crippen LogP contribution in [-0.2, 0) is 9.59 Å². The Bertz CT molecular complexity index is 1230. The van der Waals surface area contributed by atoms with Gasteiger partial charge in [-0.25, -0.2) is 0 Å². The standard InChI is InChI=1S/C28H33N5O3/c29-26(34)25(19-8-2-1-3-9-19)31-27(35)21-11-5-7-13-24(21)32-14-16-33(17-15-32)28(36)22-18-30-23-12-6-4-10-20(22)23/h1-4,6,8-10,12,18,21,24-25,30H,5,7,11,13-17H2,(H2,29,34)(H,31,35)/t21-,24-,25+/m1/s1. The number of rotatable bonds is 6. The van der Waals surface area contributed by atoms with Gasteiger partial charge in [-0.1, -0.05) is 61.4 Å². The van der Waals surface area contributed by atoms with E-state index in [0.717, 1.165) is 49.7 Å². The molecule has 2 heterocycles. The van der Waals surface area contributed by atoms with Crippen molar-refractivity contribution >= 4 is 28.6 Å². The van der Waals surface area contributed by atoms with Crippen molar-refractivity contribution < 1.29 is 14.4 Å². The first-order chi connectivity index (χ1) is 17.5. The van der Waals surface area contributed by atoms with Crippen LogP contribution in [-0.4, -0.2) is 64.7 Å². The Balaban J connectivity index is 1.24. The molecule has 1 aromatic heterocycles. The second kappa shape index (κ2) is 10.5. The van der Waals surface area contributed by atoms with E-state index in [4.69, 9.17) is 5.73 Å². The molecule has 0 unspecified atom stereocenters. The molecule has 0 spiro atoms. The predicted molar refractivity (Wildman–Crippen MR) is 138 cm³/mol. The SMILES string of the molecule is NC(=O)[C@@H](NC(=O)[C@@H]1CCCC[C@H]1N1CCN(C(=O)c2c[nH]c3ccccc23)CC1)c1ccccc1. The van der Waals surface area contributed by atoms with E-state index < -0.39 is 11.9 Å². The van der Waals surface area contributed by atoms with Crippen LogP contribution in [0.2, 0.25) is 0 Å². The van der Waals surface area contributed by atoms with E-state index in [2.05, 4.69) is 15.2 Å². The fourth-order valence-electron chi connectivity index (χ4n) is 5.74. The molecule has 3 aromatic rings. The van der Waals surface area contributed by atoms with Crippen LogP contribution in [0, 0.1) is 5.92 Å². The third kappa shape index (κ3) is 4.86. The summed E-state index contributed by atoms with van der Waals surface area (Å²) >= 11 is 0. The fourth-order valence-corrected chi connectivity index (χ4v) is 5.74. The first-order valence-electron chi connectivity index (χ1n) is 12.8. The first kappa shape index (κ1) is 24.1. The number of fused-ring (bicyclic) bond motifs is 1. The van der Waals surface area contributed by atoms with E-state index in [-0.39, 0.29) is 23.8 Å². The van der Waals surface area contributed by atoms with Gasteiger partial charge in [0.05, 0.1) is 11.5 Å². The van der Waals surface area contributed by atoms with Gasteiger partial charge in [-0.2, -0.15) is 0 Å². The van der Waals surface area contributed by atoms with Crippen LogP contribution in [0.3, 0.4) is 0 Å². The van der Waals surface area contributed by atoms with Crippen molar-refractivity contribution in [3.05, 3.63) is 71.9 Å². The van der Waals surface area contributed by atoms with Crippen molar-refractivity contribution in [1.29, 1.82) is 0 Å². The summed E-state index contributed by atoms with van der Waals surface area (Å²) < 4.78 is 0. The lowest BCUT2D eigenvalue weighted by Crippen LogP contribution is -2.56. The van der Waals surface area contributed by atoms with Crippen LogP contribution in [0.1, 0.15) is 47.6 Å². The Morgan fingerprint density at radius 2 is 1.61 bits per heavy atom. The zero-order valence-electron chi connectivity index (χ0n) is 20.4. The van der Waals surface area contributed by atoms with E-state index in [1.807, 2.05) is 47.4 Å². The summed E-state index contributed by atoms with van der Waals surface area (Å²) in [7, 11) is 0. The summed E-state index contributed by atoms with van der Waals surface area (Å²) in [5, 5.41) is 3.87. The number of nitrogens with two attached hydrogens (primary N) is 1. The average molecular weight is 488 g/mol. The minimum absolute atomic E-state index is 0.0391. The number of carbonyl (C=O) groups excluding carboxylic acids is 3. The molecule has 1 saturated carbocycles. The van der Waals surface area contributed by atoms with Crippen molar-refractivity contribution in [2.45, 2.75) is 37.8 Å². The summed E-state index contributed by atoms with van der Waals surface area (Å²) in [6.07, 6.45) is 5.57. The number of amides is 3. The maximum Gasteiger partial charge on any atom is 0.256 e. The maximum absolute atomic E-state index is 13.4. The van der Waals surface area contributed by atoms with Gasteiger partial charge in [-0.15, -0.1) is 0 Å². The highest BCUT2D eigenvalue weighted by Gasteiger charge is 2.38. The molecule has 3 amide bonds. The van der Waals surface area contributed by atoms with Crippen LogP contribution in [0.25, 0.3) is 10.9 Å². The van der Waals surface area contributed by atoms with Crippen molar-refractivity contribution in [3.63, 3.8) is 0 Å². The monoisotopic (exact) mass is 487 g/mol. The zero-order chi connectivity index (χ0) is 25.1. The second-order valence-corrected chi connectivity index (χ2v) is 9.79. The molecule has 4 N–H and O–H groups in total. The molecular weight excluding hydrogens is 454 g/mol. The zero-order valence-corrected chi connectivity index (χ0v) is 20.4. The Labute approximate surface area is 210 Å². The van der Waals surface area contributed by atoms with Gasteiger partial charge < -0.3 is 20.9 Å². The summed E-state index contributed by atoms with van der Waals surface area (Å²) in [4.78, 5) is 46.2. The minimum atomic E-state index is -0.841. The van der Waals surface area contributed by atoms with E-state index in [1.54, 1.807) is 18.3 Å². The van der Waals surface area contributed by atoms with Gasteiger partial charge in [0.1, 0.15) is 6.04 Å². The predicted octanol–water partition coefficient (Wildman–Crippen LogP) is 2.83. The van der Waals surface area contributed by atoms with E-state index >= 15 is 0 Å². The molecule has 1 aliphatic carbocycles. The summed E-state index contributed by atoms with van der Waals surface area (Å²) in [5.41, 5.74) is 7.99. The Morgan fingerprint density at radius 1 is 0.917 bits per heavy atom. The Kier molecular flexibility index (Phi) is 7.04. The largest absolute Gasteiger partial charge is 0.368 e. The van der Waals surface area contributed by atoms with Gasteiger partial charge in [0.15, 0.2) is 0 Å². The number of para-hydroxylation sites is 1. The number of carbonyl (C=O) groups is 3. The molecule has 36 heavy (non-hydrogen) atoms. The highest BCUT2D eigenvalue weighted by atomic mass is 16.2. The summed E-state index contributed by atoms with van der Waals surface area (Å²) in [6, 6.07) is 16.2. The Morgan fingerprint density at radius 3 is 2.36 bits per heavy atom. The third-order valence-corrected chi connectivity index (χ3v) is 7.66. The minimum Gasteiger partial charge on any atom is -0.368 e. The van der Waals surface area contributed by atoms with Crippen molar-refractivity contribution in [2.75, 3.05) is 26.2 Å². The van der Waals surface area contributed by atoms with Gasteiger partial charge in [0.2, 0.25) is 11.8 Å². The second-order valence-electron chi connectivity index (χ2n) is 9.79. The molecule has 8 nitrogen and oxygen atoms in total. The molecule has 5 rings (SSSR count).